The lowest BCUT2D eigenvalue weighted by Crippen LogP contribution is -2.49. The van der Waals surface area contributed by atoms with Crippen LogP contribution in [-0.2, 0) is 14.8 Å². The third-order valence-corrected chi connectivity index (χ3v) is 6.80. The summed E-state index contributed by atoms with van der Waals surface area (Å²) >= 11 is 3.41. The second-order valence-corrected chi connectivity index (χ2v) is 9.44. The maximum absolute atomic E-state index is 12.6. The van der Waals surface area contributed by atoms with E-state index in [9.17, 15) is 13.2 Å². The van der Waals surface area contributed by atoms with Crippen molar-refractivity contribution >= 4 is 44.0 Å². The van der Waals surface area contributed by atoms with Gasteiger partial charge in [0.2, 0.25) is 15.9 Å². The summed E-state index contributed by atoms with van der Waals surface area (Å²) in [5, 5.41) is 1.22. The van der Waals surface area contributed by atoms with Gasteiger partial charge in [-0.1, -0.05) is 46.3 Å². The zero-order chi connectivity index (χ0) is 21.6. The first-order chi connectivity index (χ1) is 14.4. The number of amides is 1. The largest absolute Gasteiger partial charge is 0.496 e. The number of hydrogen-bond acceptors (Lipinski definition) is 4. The lowest BCUT2D eigenvalue weighted by Gasteiger charge is -2.32. The molecule has 0 saturated carbocycles. The molecule has 0 aromatic heterocycles. The van der Waals surface area contributed by atoms with Crippen molar-refractivity contribution in [3.63, 3.8) is 0 Å². The van der Waals surface area contributed by atoms with E-state index in [1.807, 2.05) is 48.5 Å². The molecule has 1 aliphatic heterocycles. The molecule has 0 radical (unpaired) electrons. The highest BCUT2D eigenvalue weighted by atomic mass is 79.9. The van der Waals surface area contributed by atoms with Gasteiger partial charge in [-0.05, 0) is 35.9 Å². The minimum atomic E-state index is -3.52. The second kappa shape index (κ2) is 10.1. The molecule has 3 rings (SSSR count). The minimum Gasteiger partial charge on any atom is -0.496 e. The minimum absolute atomic E-state index is 0.158. The number of benzene rings is 2. The Morgan fingerprint density at radius 1 is 1.03 bits per heavy atom. The van der Waals surface area contributed by atoms with Gasteiger partial charge in [0, 0.05) is 47.7 Å². The molecule has 0 atom stereocenters. The topological polar surface area (TPSA) is 66.9 Å². The van der Waals surface area contributed by atoms with Gasteiger partial charge < -0.3 is 9.64 Å². The molecule has 8 heteroatoms. The van der Waals surface area contributed by atoms with Crippen molar-refractivity contribution in [1.29, 1.82) is 0 Å². The van der Waals surface area contributed by atoms with Gasteiger partial charge in [-0.15, -0.1) is 0 Å². The molecule has 0 N–H and O–H groups in total. The summed E-state index contributed by atoms with van der Waals surface area (Å²) in [6.45, 7) is 1.22. The van der Waals surface area contributed by atoms with Crippen LogP contribution < -0.4 is 4.74 Å². The number of ether oxygens (including phenoxy) is 1. The average Bonchev–Trinajstić information content (AvgIpc) is 2.77. The number of rotatable bonds is 6. The number of carbonyl (C=O) groups is 1. The van der Waals surface area contributed by atoms with Gasteiger partial charge in [0.25, 0.3) is 0 Å². The second-order valence-electron chi connectivity index (χ2n) is 6.70. The number of nitrogens with zero attached hydrogens (tertiary/aromatic N) is 2. The number of halogens is 1. The van der Waals surface area contributed by atoms with Crippen molar-refractivity contribution in [3.05, 3.63) is 75.6 Å². The lowest BCUT2D eigenvalue weighted by atomic mass is 10.2. The Labute approximate surface area is 185 Å². The van der Waals surface area contributed by atoms with Gasteiger partial charge in [0.15, 0.2) is 0 Å². The van der Waals surface area contributed by atoms with Crippen LogP contribution in [0.5, 0.6) is 5.75 Å². The highest BCUT2D eigenvalue weighted by Gasteiger charge is 2.26. The first kappa shape index (κ1) is 22.3. The highest BCUT2D eigenvalue weighted by molar-refractivity contribution is 9.10. The van der Waals surface area contributed by atoms with Crippen LogP contribution in [0.25, 0.3) is 12.2 Å². The predicted molar refractivity (Wildman–Crippen MR) is 122 cm³/mol. The van der Waals surface area contributed by atoms with Crippen LogP contribution >= 0.6 is 15.9 Å². The molecule has 30 heavy (non-hydrogen) atoms. The molecule has 1 amide bonds. The average molecular weight is 491 g/mol. The Kier molecular flexibility index (Phi) is 7.47. The van der Waals surface area contributed by atoms with Gasteiger partial charge >= 0.3 is 0 Å². The van der Waals surface area contributed by atoms with E-state index in [-0.39, 0.29) is 19.0 Å². The van der Waals surface area contributed by atoms with E-state index >= 15 is 0 Å². The van der Waals surface area contributed by atoms with E-state index in [1.165, 1.54) is 15.8 Å². The quantitative estimate of drug-likeness (QED) is 0.580. The van der Waals surface area contributed by atoms with E-state index in [4.69, 9.17) is 4.74 Å². The van der Waals surface area contributed by atoms with Crippen molar-refractivity contribution in [3.8, 4) is 5.75 Å². The van der Waals surface area contributed by atoms with Crippen molar-refractivity contribution in [1.82, 2.24) is 9.21 Å². The Morgan fingerprint density at radius 2 is 1.73 bits per heavy atom. The molecule has 2 aromatic carbocycles. The Morgan fingerprint density at radius 3 is 2.40 bits per heavy atom. The van der Waals surface area contributed by atoms with E-state index in [0.29, 0.717) is 18.8 Å². The Bertz CT molecular complexity index is 1040. The predicted octanol–water partition coefficient (Wildman–Crippen LogP) is 3.62. The van der Waals surface area contributed by atoms with Crippen LogP contribution in [-0.4, -0.2) is 56.8 Å². The number of hydrogen-bond donors (Lipinski definition) is 0. The number of carbonyl (C=O) groups excluding carboxylic acids is 1. The number of methoxy groups -OCH3 is 1. The molecular formula is C22H23BrN2O4S. The van der Waals surface area contributed by atoms with E-state index in [1.54, 1.807) is 24.2 Å². The molecule has 1 saturated heterocycles. The van der Waals surface area contributed by atoms with Crippen molar-refractivity contribution in [2.45, 2.75) is 0 Å². The molecule has 158 valence electrons. The standard InChI is InChI=1S/C22H23BrN2O4S/c1-29-21-9-8-20(23)17-19(21)7-10-22(26)24-12-14-25(15-13-24)30(27,28)16-11-18-5-3-2-4-6-18/h2-11,16-17H,12-15H2,1H3/b10-7+,16-11+. The van der Waals surface area contributed by atoms with Crippen LogP contribution in [0.15, 0.2) is 64.5 Å². The zero-order valence-corrected chi connectivity index (χ0v) is 19.0. The lowest BCUT2D eigenvalue weighted by molar-refractivity contribution is -0.127. The van der Waals surface area contributed by atoms with E-state index < -0.39 is 10.0 Å². The zero-order valence-electron chi connectivity index (χ0n) is 16.6. The highest BCUT2D eigenvalue weighted by Crippen LogP contribution is 2.24. The maximum Gasteiger partial charge on any atom is 0.246 e. The smallest absolute Gasteiger partial charge is 0.246 e. The van der Waals surface area contributed by atoms with Crippen LogP contribution in [0.1, 0.15) is 11.1 Å². The molecule has 1 heterocycles. The fourth-order valence-corrected chi connectivity index (χ4v) is 4.63. The maximum atomic E-state index is 12.6. The van der Waals surface area contributed by atoms with Crippen molar-refractivity contribution in [2.24, 2.45) is 0 Å². The Hall–Kier alpha value is -2.42. The summed E-state index contributed by atoms with van der Waals surface area (Å²) in [6, 6.07) is 14.8. The molecule has 0 spiro atoms. The third kappa shape index (κ3) is 5.81. The molecule has 6 nitrogen and oxygen atoms in total. The van der Waals surface area contributed by atoms with Crippen LogP contribution in [0.3, 0.4) is 0 Å². The summed E-state index contributed by atoms with van der Waals surface area (Å²) < 4.78 is 32.7. The number of piperazine rings is 1. The van der Waals surface area contributed by atoms with Crippen LogP contribution in [0.2, 0.25) is 0 Å². The molecule has 0 unspecified atom stereocenters. The third-order valence-electron chi connectivity index (χ3n) is 4.74. The molecule has 2 aromatic rings. The molecule has 1 fully saturated rings. The van der Waals surface area contributed by atoms with Crippen molar-refractivity contribution in [2.75, 3.05) is 33.3 Å². The first-order valence-electron chi connectivity index (χ1n) is 9.43. The molecule has 1 aliphatic rings. The van der Waals surface area contributed by atoms with Gasteiger partial charge in [-0.2, -0.15) is 4.31 Å². The normalized spacial score (nSPS) is 15.7. The monoisotopic (exact) mass is 490 g/mol. The Balaban J connectivity index is 1.59. The SMILES string of the molecule is COc1ccc(Br)cc1/C=C/C(=O)N1CCN(S(=O)(=O)/C=C/c2ccccc2)CC1. The van der Waals surface area contributed by atoms with Crippen LogP contribution in [0, 0.1) is 0 Å². The van der Waals surface area contributed by atoms with Gasteiger partial charge in [-0.3, -0.25) is 4.79 Å². The summed E-state index contributed by atoms with van der Waals surface area (Å²) in [5.74, 6) is 0.511. The molecular weight excluding hydrogens is 468 g/mol. The summed E-state index contributed by atoms with van der Waals surface area (Å²) in [6.07, 6.45) is 4.78. The molecule has 0 bridgehead atoms. The van der Waals surface area contributed by atoms with E-state index in [2.05, 4.69) is 15.9 Å². The van der Waals surface area contributed by atoms with E-state index in [0.717, 1.165) is 15.6 Å². The summed E-state index contributed by atoms with van der Waals surface area (Å²) in [4.78, 5) is 14.2. The van der Waals surface area contributed by atoms with Gasteiger partial charge in [0.1, 0.15) is 5.75 Å². The summed E-state index contributed by atoms with van der Waals surface area (Å²) in [5.41, 5.74) is 1.61. The van der Waals surface area contributed by atoms with Crippen molar-refractivity contribution < 1.29 is 17.9 Å². The fourth-order valence-electron chi connectivity index (χ4n) is 3.08. The van der Waals surface area contributed by atoms with Gasteiger partial charge in [0.05, 0.1) is 7.11 Å². The van der Waals surface area contributed by atoms with Crippen LogP contribution in [0.4, 0.5) is 0 Å². The first-order valence-corrected chi connectivity index (χ1v) is 11.7. The van der Waals surface area contributed by atoms with Gasteiger partial charge in [-0.25, -0.2) is 8.42 Å². The number of sulfonamides is 1. The molecule has 0 aliphatic carbocycles. The summed E-state index contributed by atoms with van der Waals surface area (Å²) in [7, 11) is -1.95. The fraction of sp³-hybridized carbons (Fsp3) is 0.227.